The second kappa shape index (κ2) is 7.45. The van der Waals surface area contributed by atoms with Crippen LogP contribution in [0.3, 0.4) is 0 Å². The fourth-order valence-electron chi connectivity index (χ4n) is 3.10. The summed E-state index contributed by atoms with van der Waals surface area (Å²) in [5, 5.41) is 2.87. The largest absolute Gasteiger partial charge is 0.467 e. The van der Waals surface area contributed by atoms with E-state index in [2.05, 4.69) is 21.8 Å². The zero-order valence-corrected chi connectivity index (χ0v) is 15.1. The van der Waals surface area contributed by atoms with Crippen molar-refractivity contribution in [3.63, 3.8) is 0 Å². The molecule has 0 aliphatic heterocycles. The average Bonchev–Trinajstić information content (AvgIpc) is 3.35. The zero-order valence-electron chi connectivity index (χ0n) is 15.1. The molecule has 0 atom stereocenters. The van der Waals surface area contributed by atoms with Gasteiger partial charge in [-0.25, -0.2) is 9.97 Å². The highest BCUT2D eigenvalue weighted by Crippen LogP contribution is 2.24. The van der Waals surface area contributed by atoms with E-state index < -0.39 is 0 Å². The van der Waals surface area contributed by atoms with Crippen molar-refractivity contribution < 1.29 is 9.21 Å². The van der Waals surface area contributed by atoms with Gasteiger partial charge in [-0.15, -0.1) is 0 Å². The third-order valence-electron chi connectivity index (χ3n) is 4.34. The molecule has 1 N–H and O–H groups in total. The molecule has 0 saturated heterocycles. The third kappa shape index (κ3) is 3.46. The molecule has 136 valence electrons. The van der Waals surface area contributed by atoms with E-state index in [1.807, 2.05) is 36.4 Å². The Morgan fingerprint density at radius 3 is 2.93 bits per heavy atom. The van der Waals surface area contributed by atoms with Crippen LogP contribution in [0.25, 0.3) is 22.6 Å². The Morgan fingerprint density at radius 1 is 1.19 bits per heavy atom. The summed E-state index contributed by atoms with van der Waals surface area (Å²) in [5.74, 6) is 1.39. The van der Waals surface area contributed by atoms with Crippen molar-refractivity contribution in [3.8, 4) is 11.4 Å². The van der Waals surface area contributed by atoms with Crippen molar-refractivity contribution in [1.29, 1.82) is 0 Å². The Balaban J connectivity index is 1.65. The monoisotopic (exact) mass is 360 g/mol. The zero-order chi connectivity index (χ0) is 18.6. The summed E-state index contributed by atoms with van der Waals surface area (Å²) in [6.45, 7) is 3.29. The predicted molar refractivity (Wildman–Crippen MR) is 103 cm³/mol. The van der Waals surface area contributed by atoms with Gasteiger partial charge in [0.1, 0.15) is 17.1 Å². The number of aryl methyl sites for hydroxylation is 1. The van der Waals surface area contributed by atoms with E-state index in [1.165, 1.54) is 0 Å². The molecule has 0 spiro atoms. The van der Waals surface area contributed by atoms with E-state index >= 15 is 0 Å². The molecule has 3 heterocycles. The Kier molecular flexibility index (Phi) is 4.70. The number of hydrogen-bond acceptors (Lipinski definition) is 4. The number of imidazole rings is 1. The number of carbonyl (C=O) groups excluding carboxylic acids is 1. The molecule has 4 aromatic rings. The minimum Gasteiger partial charge on any atom is -0.467 e. The van der Waals surface area contributed by atoms with Gasteiger partial charge < -0.3 is 14.3 Å². The summed E-state index contributed by atoms with van der Waals surface area (Å²) in [6, 6.07) is 15.0. The SMILES string of the molecule is CCCn1c(-c2cccc(C(=O)NCc3ccco3)c2)nc2cccnc21. The van der Waals surface area contributed by atoms with Gasteiger partial charge in [0.25, 0.3) is 5.91 Å². The van der Waals surface area contributed by atoms with Crippen LogP contribution in [-0.4, -0.2) is 20.4 Å². The second-order valence-electron chi connectivity index (χ2n) is 6.28. The Morgan fingerprint density at radius 2 is 2.11 bits per heavy atom. The highest BCUT2D eigenvalue weighted by Gasteiger charge is 2.14. The Bertz CT molecular complexity index is 1070. The van der Waals surface area contributed by atoms with E-state index in [1.54, 1.807) is 24.6 Å². The first-order valence-corrected chi connectivity index (χ1v) is 8.98. The van der Waals surface area contributed by atoms with Crippen LogP contribution in [0.5, 0.6) is 0 Å². The van der Waals surface area contributed by atoms with Crippen molar-refractivity contribution in [2.45, 2.75) is 26.4 Å². The highest BCUT2D eigenvalue weighted by atomic mass is 16.3. The van der Waals surface area contributed by atoms with Gasteiger partial charge in [-0.1, -0.05) is 19.1 Å². The average molecular weight is 360 g/mol. The van der Waals surface area contributed by atoms with Crippen molar-refractivity contribution in [2.75, 3.05) is 0 Å². The van der Waals surface area contributed by atoms with Gasteiger partial charge in [0, 0.05) is 23.9 Å². The van der Waals surface area contributed by atoms with Gasteiger partial charge in [-0.2, -0.15) is 0 Å². The van der Waals surface area contributed by atoms with Crippen LogP contribution >= 0.6 is 0 Å². The molecule has 0 radical (unpaired) electrons. The molecule has 0 aliphatic rings. The predicted octanol–water partition coefficient (Wildman–Crippen LogP) is 4.03. The molecule has 27 heavy (non-hydrogen) atoms. The van der Waals surface area contributed by atoms with Crippen LogP contribution in [0.2, 0.25) is 0 Å². The molecule has 0 aliphatic carbocycles. The molecule has 1 amide bonds. The lowest BCUT2D eigenvalue weighted by Crippen LogP contribution is -2.22. The molecule has 1 aromatic carbocycles. The number of carbonyl (C=O) groups is 1. The molecule has 6 nitrogen and oxygen atoms in total. The number of fused-ring (bicyclic) bond motifs is 1. The maximum Gasteiger partial charge on any atom is 0.251 e. The molecule has 3 aromatic heterocycles. The van der Waals surface area contributed by atoms with Crippen molar-refractivity contribution in [1.82, 2.24) is 19.9 Å². The minimum atomic E-state index is -0.149. The van der Waals surface area contributed by atoms with Crippen LogP contribution in [0.1, 0.15) is 29.5 Å². The van der Waals surface area contributed by atoms with E-state index in [-0.39, 0.29) is 5.91 Å². The quantitative estimate of drug-likeness (QED) is 0.563. The molecule has 0 saturated carbocycles. The normalized spacial score (nSPS) is 11.0. The maximum atomic E-state index is 12.5. The van der Waals surface area contributed by atoms with Gasteiger partial charge in [0.05, 0.1) is 12.8 Å². The highest BCUT2D eigenvalue weighted by molar-refractivity contribution is 5.95. The van der Waals surface area contributed by atoms with Crippen LogP contribution < -0.4 is 5.32 Å². The summed E-state index contributed by atoms with van der Waals surface area (Å²) in [5.41, 5.74) is 3.20. The summed E-state index contributed by atoms with van der Waals surface area (Å²) < 4.78 is 7.36. The lowest BCUT2D eigenvalue weighted by atomic mass is 10.1. The van der Waals surface area contributed by atoms with Crippen molar-refractivity contribution >= 4 is 17.1 Å². The summed E-state index contributed by atoms with van der Waals surface area (Å²) in [7, 11) is 0. The number of pyridine rings is 1. The summed E-state index contributed by atoms with van der Waals surface area (Å²) in [4.78, 5) is 21.7. The van der Waals surface area contributed by atoms with E-state index in [0.29, 0.717) is 12.1 Å². The molecule has 0 bridgehead atoms. The first-order chi connectivity index (χ1) is 13.3. The number of furan rings is 1. The second-order valence-corrected chi connectivity index (χ2v) is 6.28. The Labute approximate surface area is 156 Å². The minimum absolute atomic E-state index is 0.149. The first kappa shape index (κ1) is 17.0. The number of nitrogens with one attached hydrogen (secondary N) is 1. The molecular weight excluding hydrogens is 340 g/mol. The van der Waals surface area contributed by atoms with Gasteiger partial charge in [0.2, 0.25) is 0 Å². The number of benzene rings is 1. The van der Waals surface area contributed by atoms with Gasteiger partial charge in [-0.3, -0.25) is 4.79 Å². The molecule has 0 fully saturated rings. The lowest BCUT2D eigenvalue weighted by Gasteiger charge is -2.09. The number of aromatic nitrogens is 3. The molecular formula is C21H20N4O2. The lowest BCUT2D eigenvalue weighted by molar-refractivity contribution is 0.0948. The fourth-order valence-corrected chi connectivity index (χ4v) is 3.10. The van der Waals surface area contributed by atoms with Gasteiger partial charge in [-0.05, 0) is 42.8 Å². The number of amides is 1. The van der Waals surface area contributed by atoms with Crippen LogP contribution in [-0.2, 0) is 13.1 Å². The Hall–Kier alpha value is -3.41. The third-order valence-corrected chi connectivity index (χ3v) is 4.34. The molecule has 6 heteroatoms. The smallest absolute Gasteiger partial charge is 0.251 e. The number of nitrogens with zero attached hydrogens (tertiary/aromatic N) is 3. The fraction of sp³-hybridized carbons (Fsp3) is 0.190. The number of rotatable bonds is 6. The van der Waals surface area contributed by atoms with E-state index in [0.717, 1.165) is 41.3 Å². The van der Waals surface area contributed by atoms with Crippen LogP contribution in [0, 0.1) is 0 Å². The number of hydrogen-bond donors (Lipinski definition) is 1. The summed E-state index contributed by atoms with van der Waals surface area (Å²) in [6.07, 6.45) is 4.34. The van der Waals surface area contributed by atoms with E-state index in [4.69, 9.17) is 9.40 Å². The van der Waals surface area contributed by atoms with Crippen molar-refractivity contribution in [3.05, 3.63) is 72.3 Å². The van der Waals surface area contributed by atoms with Gasteiger partial charge in [0.15, 0.2) is 5.65 Å². The van der Waals surface area contributed by atoms with Crippen molar-refractivity contribution in [2.24, 2.45) is 0 Å². The maximum absolute atomic E-state index is 12.5. The molecule has 4 rings (SSSR count). The van der Waals surface area contributed by atoms with E-state index in [9.17, 15) is 4.79 Å². The topological polar surface area (TPSA) is 73.0 Å². The van der Waals surface area contributed by atoms with Gasteiger partial charge >= 0.3 is 0 Å². The molecule has 0 unspecified atom stereocenters. The van der Waals surface area contributed by atoms with Crippen LogP contribution in [0.15, 0.2) is 65.4 Å². The summed E-state index contributed by atoms with van der Waals surface area (Å²) >= 11 is 0. The first-order valence-electron chi connectivity index (χ1n) is 8.98. The standard InChI is InChI=1S/C21H20N4O2/c1-2-11-25-19(24-18-9-4-10-22-20(18)25)15-6-3-7-16(13-15)21(26)23-14-17-8-5-12-27-17/h3-10,12-13H,2,11,14H2,1H3,(H,23,26). The van der Waals surface area contributed by atoms with Crippen LogP contribution in [0.4, 0.5) is 0 Å².